The monoisotopic (exact) mass is 882 g/mol. The third-order valence-corrected chi connectivity index (χ3v) is 11.7. The van der Waals surface area contributed by atoms with E-state index in [0.29, 0.717) is 23.8 Å². The Balaban J connectivity index is 0.00000154. The van der Waals surface area contributed by atoms with Crippen LogP contribution in [0.15, 0.2) is 122 Å². The number of benzene rings is 5. The van der Waals surface area contributed by atoms with Crippen LogP contribution in [-0.2, 0) is 19.1 Å². The first-order valence-corrected chi connectivity index (χ1v) is 21.8. The zero-order chi connectivity index (χ0) is 46.4. The van der Waals surface area contributed by atoms with Gasteiger partial charge in [0.15, 0.2) is 0 Å². The van der Waals surface area contributed by atoms with E-state index >= 15 is 0 Å². The number of carbonyl (C=O) groups excluding carboxylic acids is 4. The SMILES string of the molecule is C=C.CC.COC(=O)N[C@H](C(=O)N1C=C=C[C@H]1c1nc2c(ccc3cc(-c4ccc5c(ccc6[nH]c([C@@H]7CCCN7C(=O)[C@H](NC(=O)OC)c7ccccc7)nc65)c4)ccc32)[nH]1)C(C)C.[HH].[HH].[HH].[HH]. The van der Waals surface area contributed by atoms with Crippen LogP contribution < -0.4 is 10.6 Å². The number of aromatic nitrogens is 4. The molecule has 4 amide bonds. The van der Waals surface area contributed by atoms with Crippen LogP contribution in [0.4, 0.5) is 9.59 Å². The molecule has 4 atom stereocenters. The average molecular weight is 883 g/mol. The molecule has 2 aliphatic heterocycles. The Bertz CT molecular complexity index is 2970. The van der Waals surface area contributed by atoms with Gasteiger partial charge < -0.3 is 35.0 Å². The fraction of sp³-hybridized carbons (Fsp3) is 0.275. The maximum absolute atomic E-state index is 14.1. The number of methoxy groups -OCH3 is 2. The summed E-state index contributed by atoms with van der Waals surface area (Å²) in [6.07, 6.45) is 3.56. The lowest BCUT2D eigenvalue weighted by atomic mass is 9.98. The van der Waals surface area contributed by atoms with Gasteiger partial charge in [0, 0.05) is 23.0 Å². The van der Waals surface area contributed by atoms with Gasteiger partial charge in [-0.3, -0.25) is 14.5 Å². The molecule has 9 rings (SSSR count). The number of nitrogens with one attached hydrogen (secondary N) is 4. The molecule has 2 aromatic heterocycles. The molecule has 7 aromatic rings. The summed E-state index contributed by atoms with van der Waals surface area (Å²) in [5, 5.41) is 9.38. The standard InChI is InChI=1S/C47H44N8O6.C2H6.C2H4.4H2/c1-26(2)38(52-46(58)60-3)44(56)54-22-8-12-36(54)42-48-34-20-16-30-24-28(14-18-32(30)40(34)50-42)29-15-19-33-31(25-29)17-21-35-41(33)51-43(49-35)37-13-9-23-55(37)45(57)39(53-47(59)61-4)27-10-6-5-7-11-27;2*1-2;;;;/h5-7,10-12,14-22,24-26,36-39H,9,13,23H2,1-4H3,(H,48,50)(H,49,51)(H,52,58)(H,53,59);1-2H3;1-2H2;4*1H/t36-,37-,38-,39+;;;;;;/m0....../s1. The number of nitrogens with zero attached hydrogens (tertiary/aromatic N) is 4. The second kappa shape index (κ2) is 19.8. The van der Waals surface area contributed by atoms with E-state index in [1.165, 1.54) is 19.1 Å². The third-order valence-electron chi connectivity index (χ3n) is 11.7. The molecule has 0 spiro atoms. The van der Waals surface area contributed by atoms with Crippen molar-refractivity contribution in [3.63, 3.8) is 0 Å². The molecule has 0 saturated carbocycles. The lowest BCUT2D eigenvalue weighted by Gasteiger charge is -2.28. The Labute approximate surface area is 383 Å². The van der Waals surface area contributed by atoms with Crippen LogP contribution >= 0.6 is 0 Å². The summed E-state index contributed by atoms with van der Waals surface area (Å²) in [5.74, 6) is 0.609. The number of likely N-dealkylation sites (tertiary alicyclic amines) is 1. The molecular formula is C51H62N8O6. The van der Waals surface area contributed by atoms with Crippen molar-refractivity contribution in [1.82, 2.24) is 40.4 Å². The second-order valence-corrected chi connectivity index (χ2v) is 15.7. The highest BCUT2D eigenvalue weighted by Gasteiger charge is 2.38. The molecule has 0 bridgehead atoms. The van der Waals surface area contributed by atoms with Gasteiger partial charge in [-0.15, -0.1) is 18.9 Å². The first-order valence-electron chi connectivity index (χ1n) is 21.8. The Hall–Kier alpha value is -7.70. The van der Waals surface area contributed by atoms with Crippen LogP contribution in [0, 0.1) is 5.92 Å². The van der Waals surface area contributed by atoms with Crippen LogP contribution in [0.1, 0.15) is 81.6 Å². The van der Waals surface area contributed by atoms with Crippen molar-refractivity contribution in [2.45, 2.75) is 64.7 Å². The number of fused-ring (bicyclic) bond motifs is 6. The minimum absolute atomic E-state index is 0. The summed E-state index contributed by atoms with van der Waals surface area (Å²) in [6, 6.07) is 27.5. The van der Waals surface area contributed by atoms with Gasteiger partial charge in [0.05, 0.1) is 48.5 Å². The van der Waals surface area contributed by atoms with Gasteiger partial charge in [0.25, 0.3) is 11.8 Å². The Kier molecular flexibility index (Phi) is 13.8. The second-order valence-electron chi connectivity index (χ2n) is 15.7. The summed E-state index contributed by atoms with van der Waals surface area (Å²) < 4.78 is 9.62. The van der Waals surface area contributed by atoms with Gasteiger partial charge in [0.2, 0.25) is 0 Å². The largest absolute Gasteiger partial charge is 0.453 e. The predicted octanol–water partition coefficient (Wildman–Crippen LogP) is 10.9. The summed E-state index contributed by atoms with van der Waals surface area (Å²) >= 11 is 0. The summed E-state index contributed by atoms with van der Waals surface area (Å²) in [6.45, 7) is 14.3. The molecule has 1 saturated heterocycles. The number of H-pyrrole nitrogens is 2. The van der Waals surface area contributed by atoms with Gasteiger partial charge in [0.1, 0.15) is 29.8 Å². The number of rotatable bonds is 9. The van der Waals surface area contributed by atoms with Crippen molar-refractivity contribution in [2.75, 3.05) is 20.8 Å². The summed E-state index contributed by atoms with van der Waals surface area (Å²) in [7, 11) is 2.55. The highest BCUT2D eigenvalue weighted by atomic mass is 16.5. The molecule has 0 aliphatic carbocycles. The Morgan fingerprint density at radius 2 is 1.34 bits per heavy atom. The Morgan fingerprint density at radius 1 is 0.769 bits per heavy atom. The van der Waals surface area contributed by atoms with Crippen LogP contribution in [0.2, 0.25) is 0 Å². The molecule has 14 heteroatoms. The van der Waals surface area contributed by atoms with E-state index in [4.69, 9.17) is 19.4 Å². The average Bonchev–Trinajstić information content (AvgIpc) is 4.19. The highest BCUT2D eigenvalue weighted by molar-refractivity contribution is 6.07. The van der Waals surface area contributed by atoms with E-state index in [2.05, 4.69) is 88.0 Å². The quantitative estimate of drug-likeness (QED) is 0.0818. The van der Waals surface area contributed by atoms with Crippen molar-refractivity contribution >= 4 is 67.6 Å². The van der Waals surface area contributed by atoms with E-state index in [9.17, 15) is 19.2 Å². The molecule has 65 heavy (non-hydrogen) atoms. The lowest BCUT2D eigenvalue weighted by molar-refractivity contribution is -0.134. The van der Waals surface area contributed by atoms with Crippen LogP contribution in [0.5, 0.6) is 0 Å². The van der Waals surface area contributed by atoms with Gasteiger partial charge in [-0.25, -0.2) is 19.6 Å². The van der Waals surface area contributed by atoms with Crippen molar-refractivity contribution in [2.24, 2.45) is 5.92 Å². The fourth-order valence-corrected chi connectivity index (χ4v) is 8.54. The normalized spacial score (nSPS) is 16.2. The third kappa shape index (κ3) is 8.94. The minimum atomic E-state index is -0.896. The smallest absolute Gasteiger partial charge is 0.407 e. The molecule has 0 radical (unpaired) electrons. The first kappa shape index (κ1) is 45.3. The molecule has 2 aliphatic rings. The predicted molar refractivity (Wildman–Crippen MR) is 262 cm³/mol. The molecule has 1 fully saturated rings. The summed E-state index contributed by atoms with van der Waals surface area (Å²) in [4.78, 5) is 72.4. The molecule has 4 heterocycles. The van der Waals surface area contributed by atoms with Crippen molar-refractivity contribution in [3.8, 4) is 11.1 Å². The number of aromatic amines is 2. The van der Waals surface area contributed by atoms with E-state index in [1.807, 2.05) is 70.2 Å². The van der Waals surface area contributed by atoms with Crippen molar-refractivity contribution < 1.29 is 34.4 Å². The molecule has 4 N–H and O–H groups in total. The summed E-state index contributed by atoms with van der Waals surface area (Å²) in [5.41, 5.74) is 9.13. The van der Waals surface area contributed by atoms with E-state index in [-0.39, 0.29) is 29.5 Å². The van der Waals surface area contributed by atoms with Crippen LogP contribution in [0.25, 0.3) is 54.7 Å². The van der Waals surface area contributed by atoms with Crippen LogP contribution in [-0.4, -0.2) is 80.5 Å². The van der Waals surface area contributed by atoms with Crippen LogP contribution in [0.3, 0.4) is 0 Å². The fourth-order valence-electron chi connectivity index (χ4n) is 8.54. The molecule has 0 unspecified atom stereocenters. The first-order chi connectivity index (χ1) is 31.6. The minimum Gasteiger partial charge on any atom is -0.453 e. The van der Waals surface area contributed by atoms with Gasteiger partial charge in [-0.2, -0.15) is 0 Å². The maximum Gasteiger partial charge on any atom is 0.407 e. The number of carbonyl (C=O) groups is 4. The maximum atomic E-state index is 14.1. The van der Waals surface area contributed by atoms with Crippen molar-refractivity contribution in [1.29, 1.82) is 0 Å². The topological polar surface area (TPSA) is 175 Å². The molecule has 5 aromatic carbocycles. The number of hydrogen-bond donors (Lipinski definition) is 4. The van der Waals surface area contributed by atoms with Crippen molar-refractivity contribution in [3.05, 3.63) is 139 Å². The molecule has 342 valence electrons. The Morgan fingerprint density at radius 3 is 1.92 bits per heavy atom. The lowest BCUT2D eigenvalue weighted by Crippen LogP contribution is -2.50. The highest BCUT2D eigenvalue weighted by Crippen LogP contribution is 2.37. The number of hydrogen-bond acceptors (Lipinski definition) is 8. The molecular weight excluding hydrogens is 821 g/mol. The van der Waals surface area contributed by atoms with Gasteiger partial charge in [-0.1, -0.05) is 94.4 Å². The van der Waals surface area contributed by atoms with E-state index < -0.39 is 30.3 Å². The number of amides is 4. The van der Waals surface area contributed by atoms with E-state index in [1.54, 1.807) is 17.2 Å². The number of imidazole rings is 2. The van der Waals surface area contributed by atoms with Gasteiger partial charge in [-0.05, 0) is 76.6 Å². The molecule has 14 nitrogen and oxygen atoms in total. The van der Waals surface area contributed by atoms with E-state index in [0.717, 1.165) is 67.6 Å². The van der Waals surface area contributed by atoms with Gasteiger partial charge >= 0.3 is 12.2 Å². The zero-order valence-electron chi connectivity index (χ0n) is 37.5. The number of alkyl carbamates (subject to hydrolysis) is 2. The zero-order valence-corrected chi connectivity index (χ0v) is 37.5. The number of ether oxygens (including phenoxy) is 2.